The van der Waals surface area contributed by atoms with E-state index in [1.807, 2.05) is 12.1 Å². The summed E-state index contributed by atoms with van der Waals surface area (Å²) in [6.45, 7) is 0. The zero-order valence-electron chi connectivity index (χ0n) is 17.4. The van der Waals surface area contributed by atoms with Gasteiger partial charge in [-0.3, -0.25) is 10.1 Å². The number of amides is 1. The monoisotopic (exact) mass is 593 g/mol. The molecule has 1 heterocycles. The SMILES string of the molecule is COc1ccc(C(=O)NC(=S)Nc2ccc3oc(-c4cc(I)ccc4Cl)nc3c2)cc1OC. The van der Waals surface area contributed by atoms with E-state index in [1.165, 1.54) is 14.2 Å². The van der Waals surface area contributed by atoms with Gasteiger partial charge in [0.25, 0.3) is 5.91 Å². The molecule has 1 amide bonds. The number of halogens is 2. The smallest absolute Gasteiger partial charge is 0.257 e. The van der Waals surface area contributed by atoms with E-state index >= 15 is 0 Å². The molecule has 0 unspecified atom stereocenters. The summed E-state index contributed by atoms with van der Waals surface area (Å²) in [5, 5.41) is 6.33. The molecule has 0 aliphatic carbocycles. The summed E-state index contributed by atoms with van der Waals surface area (Å²) in [7, 11) is 3.03. The number of nitrogens with one attached hydrogen (secondary N) is 2. The summed E-state index contributed by atoms with van der Waals surface area (Å²) < 4.78 is 17.3. The molecule has 0 saturated heterocycles. The summed E-state index contributed by atoms with van der Waals surface area (Å²) in [6.07, 6.45) is 0. The molecule has 0 radical (unpaired) electrons. The molecule has 4 rings (SSSR count). The van der Waals surface area contributed by atoms with Crippen molar-refractivity contribution >= 4 is 74.2 Å². The maximum Gasteiger partial charge on any atom is 0.257 e. The van der Waals surface area contributed by atoms with Crippen LogP contribution in [0.1, 0.15) is 10.4 Å². The molecule has 10 heteroatoms. The molecule has 0 fully saturated rings. The molecule has 0 saturated carbocycles. The van der Waals surface area contributed by atoms with Crippen LogP contribution in [0.15, 0.2) is 59.0 Å². The van der Waals surface area contributed by atoms with Gasteiger partial charge in [-0.25, -0.2) is 4.98 Å². The van der Waals surface area contributed by atoms with Crippen LogP contribution in [0.4, 0.5) is 5.69 Å². The number of oxazole rings is 1. The highest BCUT2D eigenvalue weighted by molar-refractivity contribution is 14.1. The highest BCUT2D eigenvalue weighted by Crippen LogP contribution is 2.32. The van der Waals surface area contributed by atoms with Crippen LogP contribution in [0.3, 0.4) is 0 Å². The number of fused-ring (bicyclic) bond motifs is 1. The van der Waals surface area contributed by atoms with Crippen molar-refractivity contribution in [1.82, 2.24) is 10.3 Å². The molecule has 168 valence electrons. The second-order valence-electron chi connectivity index (χ2n) is 6.80. The number of methoxy groups -OCH3 is 2. The third kappa shape index (κ3) is 5.21. The Balaban J connectivity index is 1.49. The normalized spacial score (nSPS) is 10.7. The van der Waals surface area contributed by atoms with Gasteiger partial charge in [-0.2, -0.15) is 0 Å². The summed E-state index contributed by atoms with van der Waals surface area (Å²) in [6, 6.07) is 15.8. The van der Waals surface area contributed by atoms with Gasteiger partial charge >= 0.3 is 0 Å². The number of ether oxygens (including phenoxy) is 2. The molecule has 1 aromatic heterocycles. The number of benzene rings is 3. The Labute approximate surface area is 213 Å². The van der Waals surface area contributed by atoms with Crippen molar-refractivity contribution in [3.8, 4) is 23.0 Å². The van der Waals surface area contributed by atoms with Crippen LogP contribution >= 0.6 is 46.4 Å². The first-order valence-corrected chi connectivity index (χ1v) is 11.4. The van der Waals surface area contributed by atoms with Crippen molar-refractivity contribution in [2.24, 2.45) is 0 Å². The molecular weight excluding hydrogens is 577 g/mol. The Bertz CT molecular complexity index is 1380. The number of carbonyl (C=O) groups excluding carboxylic acids is 1. The maximum absolute atomic E-state index is 12.6. The first kappa shape index (κ1) is 23.3. The fraction of sp³-hybridized carbons (Fsp3) is 0.0870. The van der Waals surface area contributed by atoms with Crippen LogP contribution < -0.4 is 20.1 Å². The summed E-state index contributed by atoms with van der Waals surface area (Å²) in [4.78, 5) is 17.1. The van der Waals surface area contributed by atoms with Crippen LogP contribution in [0, 0.1) is 3.57 Å². The second-order valence-corrected chi connectivity index (χ2v) is 8.86. The van der Waals surface area contributed by atoms with Crippen molar-refractivity contribution < 1.29 is 18.7 Å². The minimum absolute atomic E-state index is 0.138. The molecule has 2 N–H and O–H groups in total. The highest BCUT2D eigenvalue weighted by Gasteiger charge is 2.15. The molecule has 7 nitrogen and oxygen atoms in total. The molecule has 3 aromatic carbocycles. The molecule has 4 aromatic rings. The maximum atomic E-state index is 12.6. The Morgan fingerprint density at radius 3 is 2.61 bits per heavy atom. The molecule has 0 atom stereocenters. The number of hydrogen-bond donors (Lipinski definition) is 2. The van der Waals surface area contributed by atoms with Crippen LogP contribution in [-0.4, -0.2) is 30.2 Å². The minimum atomic E-state index is -0.383. The number of rotatable bonds is 5. The van der Waals surface area contributed by atoms with Crippen molar-refractivity contribution in [3.05, 3.63) is 68.8 Å². The van der Waals surface area contributed by atoms with Crippen LogP contribution in [0.2, 0.25) is 5.02 Å². The number of anilines is 1. The molecule has 0 aliphatic rings. The zero-order chi connectivity index (χ0) is 23.5. The average molecular weight is 594 g/mol. The van der Waals surface area contributed by atoms with Crippen molar-refractivity contribution in [2.75, 3.05) is 19.5 Å². The van der Waals surface area contributed by atoms with E-state index in [9.17, 15) is 4.79 Å². The first-order chi connectivity index (χ1) is 15.9. The fourth-order valence-electron chi connectivity index (χ4n) is 3.10. The quantitative estimate of drug-likeness (QED) is 0.220. The van der Waals surface area contributed by atoms with Gasteiger partial charge in [-0.05, 0) is 89.4 Å². The largest absolute Gasteiger partial charge is 0.493 e. The lowest BCUT2D eigenvalue weighted by atomic mass is 10.2. The van der Waals surface area contributed by atoms with E-state index in [0.29, 0.717) is 50.3 Å². The van der Waals surface area contributed by atoms with E-state index in [4.69, 9.17) is 37.7 Å². The van der Waals surface area contributed by atoms with Crippen LogP contribution in [0.25, 0.3) is 22.6 Å². The lowest BCUT2D eigenvalue weighted by Crippen LogP contribution is -2.34. The summed E-state index contributed by atoms with van der Waals surface area (Å²) in [5.74, 6) is 1.02. The van der Waals surface area contributed by atoms with Gasteiger partial charge in [0.2, 0.25) is 5.89 Å². The van der Waals surface area contributed by atoms with E-state index < -0.39 is 0 Å². The van der Waals surface area contributed by atoms with Gasteiger partial charge in [0, 0.05) is 14.8 Å². The van der Waals surface area contributed by atoms with Gasteiger partial charge in [-0.1, -0.05) is 11.6 Å². The zero-order valence-corrected chi connectivity index (χ0v) is 21.2. The van der Waals surface area contributed by atoms with E-state index in [1.54, 1.807) is 42.5 Å². The predicted octanol–water partition coefficient (Wildman–Crippen LogP) is 5.90. The highest BCUT2D eigenvalue weighted by atomic mass is 127. The van der Waals surface area contributed by atoms with Crippen molar-refractivity contribution in [1.29, 1.82) is 0 Å². The minimum Gasteiger partial charge on any atom is -0.493 e. The van der Waals surface area contributed by atoms with Gasteiger partial charge in [0.05, 0.1) is 24.8 Å². The molecule has 0 aliphatic heterocycles. The molecule has 33 heavy (non-hydrogen) atoms. The number of nitrogens with zero attached hydrogens (tertiary/aromatic N) is 1. The lowest BCUT2D eigenvalue weighted by Gasteiger charge is -2.11. The predicted molar refractivity (Wildman–Crippen MR) is 140 cm³/mol. The van der Waals surface area contributed by atoms with E-state index in [2.05, 4.69) is 38.2 Å². The van der Waals surface area contributed by atoms with Crippen LogP contribution in [0.5, 0.6) is 11.5 Å². The van der Waals surface area contributed by atoms with Crippen molar-refractivity contribution in [3.63, 3.8) is 0 Å². The van der Waals surface area contributed by atoms with Gasteiger partial charge in [0.1, 0.15) is 5.52 Å². The number of aromatic nitrogens is 1. The van der Waals surface area contributed by atoms with Gasteiger partial charge in [-0.15, -0.1) is 0 Å². The number of thiocarbonyl (C=S) groups is 1. The molecule has 0 spiro atoms. The Morgan fingerprint density at radius 2 is 1.85 bits per heavy atom. The van der Waals surface area contributed by atoms with Crippen LogP contribution in [-0.2, 0) is 0 Å². The molecule has 0 bridgehead atoms. The fourth-order valence-corrected chi connectivity index (χ4v) is 4.00. The topological polar surface area (TPSA) is 85.6 Å². The third-order valence-corrected chi connectivity index (χ3v) is 5.88. The van der Waals surface area contributed by atoms with E-state index in [0.717, 1.165) is 3.57 Å². The standard InChI is InChI=1S/C23H17ClIN3O4S/c1-30-19-7-3-12(9-20(19)31-2)21(29)28-23(33)26-14-5-8-18-17(11-14)27-22(32-18)15-10-13(25)4-6-16(15)24/h3-11H,1-2H3,(H2,26,28,29,33). The average Bonchev–Trinajstić information content (AvgIpc) is 3.23. The van der Waals surface area contributed by atoms with E-state index in [-0.39, 0.29) is 11.0 Å². The summed E-state index contributed by atoms with van der Waals surface area (Å²) in [5.41, 5.74) is 2.97. The Morgan fingerprint density at radius 1 is 1.06 bits per heavy atom. The Kier molecular flexibility index (Phi) is 7.01. The lowest BCUT2D eigenvalue weighted by molar-refractivity contribution is 0.0977. The first-order valence-electron chi connectivity index (χ1n) is 9.58. The summed E-state index contributed by atoms with van der Waals surface area (Å²) >= 11 is 13.8. The Hall–Kier alpha value is -2.89. The van der Waals surface area contributed by atoms with Crippen molar-refractivity contribution in [2.45, 2.75) is 0 Å². The number of carbonyl (C=O) groups is 1. The second kappa shape index (κ2) is 9.94. The third-order valence-electron chi connectivity index (χ3n) is 4.68. The van der Waals surface area contributed by atoms with Gasteiger partial charge < -0.3 is 19.2 Å². The number of hydrogen-bond acceptors (Lipinski definition) is 6. The molecular formula is C23H17ClIN3O4S. The van der Waals surface area contributed by atoms with Gasteiger partial charge in [0.15, 0.2) is 22.2 Å².